The predicted octanol–water partition coefficient (Wildman–Crippen LogP) is 2.54. The van der Waals surface area contributed by atoms with Gasteiger partial charge in [0.1, 0.15) is 17.6 Å². The zero-order valence-corrected chi connectivity index (χ0v) is 15.2. The molecule has 0 bridgehead atoms. The van der Waals surface area contributed by atoms with Gasteiger partial charge in [0.15, 0.2) is 0 Å². The fraction of sp³-hybridized carbons (Fsp3) is 0.300. The van der Waals surface area contributed by atoms with Crippen molar-refractivity contribution >= 4 is 11.8 Å². The smallest absolute Gasteiger partial charge is 0.242 e. The molecule has 6 heteroatoms. The molecule has 2 aromatic rings. The molecule has 0 heterocycles. The van der Waals surface area contributed by atoms with Crippen LogP contribution in [0.15, 0.2) is 48.5 Å². The van der Waals surface area contributed by atoms with E-state index < -0.39 is 6.04 Å². The normalized spacial score (nSPS) is 11.5. The number of nitrogens with zero attached hydrogens (tertiary/aromatic N) is 1. The van der Waals surface area contributed by atoms with Crippen molar-refractivity contribution in [2.45, 2.75) is 25.9 Å². The van der Waals surface area contributed by atoms with Gasteiger partial charge in [-0.25, -0.2) is 4.39 Å². The Bertz CT molecular complexity index is 745. The summed E-state index contributed by atoms with van der Waals surface area (Å²) in [5.41, 5.74) is 1.58. The number of halogens is 1. The number of carbonyl (C=O) groups is 2. The van der Waals surface area contributed by atoms with E-state index in [0.717, 1.165) is 11.1 Å². The third-order valence-corrected chi connectivity index (χ3v) is 4.19. The number of hydrogen-bond donors (Lipinski definition) is 1. The van der Waals surface area contributed by atoms with Gasteiger partial charge in [-0.1, -0.05) is 24.3 Å². The molecule has 0 spiro atoms. The minimum Gasteiger partial charge on any atom is -0.497 e. The Kier molecular flexibility index (Phi) is 6.72. The average Bonchev–Trinajstić information content (AvgIpc) is 2.66. The number of nitrogens with one attached hydrogen (secondary N) is 1. The first-order valence-corrected chi connectivity index (χ1v) is 8.33. The van der Waals surface area contributed by atoms with E-state index in [0.29, 0.717) is 5.75 Å². The summed E-state index contributed by atoms with van der Waals surface area (Å²) in [6, 6.07) is 12.5. The lowest BCUT2D eigenvalue weighted by molar-refractivity contribution is -0.139. The van der Waals surface area contributed by atoms with E-state index in [9.17, 15) is 14.0 Å². The molecule has 0 aliphatic rings. The maximum atomic E-state index is 13.1. The first-order valence-electron chi connectivity index (χ1n) is 8.33. The Morgan fingerprint density at radius 1 is 1.08 bits per heavy atom. The van der Waals surface area contributed by atoms with Crippen molar-refractivity contribution in [2.75, 3.05) is 14.2 Å². The molecule has 0 aromatic heterocycles. The predicted molar refractivity (Wildman–Crippen MR) is 97.2 cm³/mol. The first-order chi connectivity index (χ1) is 12.4. The van der Waals surface area contributed by atoms with Crippen LogP contribution in [0.3, 0.4) is 0 Å². The van der Waals surface area contributed by atoms with Crippen LogP contribution in [0.5, 0.6) is 5.75 Å². The topological polar surface area (TPSA) is 58.6 Å². The molecule has 1 N–H and O–H groups in total. The zero-order valence-electron chi connectivity index (χ0n) is 15.2. The Labute approximate surface area is 152 Å². The molecule has 0 fully saturated rings. The van der Waals surface area contributed by atoms with Crippen molar-refractivity contribution in [2.24, 2.45) is 0 Å². The van der Waals surface area contributed by atoms with E-state index in [4.69, 9.17) is 4.74 Å². The van der Waals surface area contributed by atoms with Gasteiger partial charge < -0.3 is 15.0 Å². The zero-order chi connectivity index (χ0) is 19.1. The van der Waals surface area contributed by atoms with E-state index in [1.165, 1.54) is 24.1 Å². The molecule has 1 atom stereocenters. The fourth-order valence-electron chi connectivity index (χ4n) is 2.60. The molecule has 0 radical (unpaired) electrons. The van der Waals surface area contributed by atoms with Gasteiger partial charge in [-0.3, -0.25) is 9.59 Å². The van der Waals surface area contributed by atoms with Gasteiger partial charge in [0.05, 0.1) is 13.5 Å². The molecule has 0 saturated carbocycles. The number of benzene rings is 2. The van der Waals surface area contributed by atoms with Crippen LogP contribution >= 0.6 is 0 Å². The van der Waals surface area contributed by atoms with Crippen LogP contribution in [0.4, 0.5) is 4.39 Å². The molecule has 0 saturated heterocycles. The molecule has 2 aromatic carbocycles. The van der Waals surface area contributed by atoms with Crippen LogP contribution in [0, 0.1) is 5.82 Å². The number of rotatable bonds is 7. The lowest BCUT2D eigenvalue weighted by Crippen LogP contribution is -2.47. The summed E-state index contributed by atoms with van der Waals surface area (Å²) in [7, 11) is 3.11. The molecule has 2 rings (SSSR count). The second-order valence-electron chi connectivity index (χ2n) is 5.96. The molecule has 0 unspecified atom stereocenters. The summed E-state index contributed by atoms with van der Waals surface area (Å²) in [4.78, 5) is 26.4. The quantitative estimate of drug-likeness (QED) is 0.827. The second kappa shape index (κ2) is 8.99. The van der Waals surface area contributed by atoms with Crippen molar-refractivity contribution in [1.82, 2.24) is 10.2 Å². The molecular formula is C20H23FN2O3. The average molecular weight is 358 g/mol. The molecular weight excluding hydrogens is 335 g/mol. The fourth-order valence-corrected chi connectivity index (χ4v) is 2.60. The highest BCUT2D eigenvalue weighted by Gasteiger charge is 2.25. The van der Waals surface area contributed by atoms with Crippen LogP contribution in [0.2, 0.25) is 0 Å². The summed E-state index contributed by atoms with van der Waals surface area (Å²) in [5, 5.41) is 2.56. The highest BCUT2D eigenvalue weighted by Crippen LogP contribution is 2.15. The van der Waals surface area contributed by atoms with Gasteiger partial charge in [0, 0.05) is 13.6 Å². The molecule has 138 valence electrons. The number of likely N-dealkylation sites (N-methyl/N-ethyl adjacent to an activating group) is 1. The minimum atomic E-state index is -0.643. The van der Waals surface area contributed by atoms with Gasteiger partial charge in [-0.15, -0.1) is 0 Å². The highest BCUT2D eigenvalue weighted by molar-refractivity contribution is 5.88. The number of hydrogen-bond acceptors (Lipinski definition) is 3. The van der Waals surface area contributed by atoms with Crippen molar-refractivity contribution < 1.29 is 18.7 Å². The third-order valence-electron chi connectivity index (χ3n) is 4.19. The maximum Gasteiger partial charge on any atom is 0.242 e. The van der Waals surface area contributed by atoms with E-state index in [1.807, 2.05) is 12.1 Å². The number of amides is 2. The largest absolute Gasteiger partial charge is 0.497 e. The van der Waals surface area contributed by atoms with Crippen molar-refractivity contribution in [3.63, 3.8) is 0 Å². The maximum absolute atomic E-state index is 13.1. The second-order valence-corrected chi connectivity index (χ2v) is 5.96. The van der Waals surface area contributed by atoms with E-state index >= 15 is 0 Å². The van der Waals surface area contributed by atoms with E-state index in [-0.39, 0.29) is 30.6 Å². The van der Waals surface area contributed by atoms with Crippen molar-refractivity contribution in [3.05, 3.63) is 65.5 Å². The van der Waals surface area contributed by atoms with Gasteiger partial charge in [0.2, 0.25) is 11.8 Å². The van der Waals surface area contributed by atoms with Crippen molar-refractivity contribution in [1.29, 1.82) is 0 Å². The van der Waals surface area contributed by atoms with Crippen LogP contribution in [-0.4, -0.2) is 36.9 Å². The van der Waals surface area contributed by atoms with Gasteiger partial charge in [0.25, 0.3) is 0 Å². The Hall–Kier alpha value is -2.89. The van der Waals surface area contributed by atoms with Crippen molar-refractivity contribution in [3.8, 4) is 5.75 Å². The Morgan fingerprint density at radius 2 is 1.65 bits per heavy atom. The summed E-state index contributed by atoms with van der Waals surface area (Å²) < 4.78 is 18.2. The van der Waals surface area contributed by atoms with Crippen LogP contribution in [-0.2, 0) is 22.6 Å². The Balaban J connectivity index is 2.18. The standard InChI is InChI=1S/C20H23FN2O3/c1-14(20(25)22-2)23(13-16-4-8-17(21)9-5-16)19(24)12-15-6-10-18(26-3)11-7-15/h4-11,14H,12-13H2,1-3H3,(H,22,25)/t14-/m0/s1. The van der Waals surface area contributed by atoms with E-state index in [2.05, 4.69) is 5.32 Å². The Morgan fingerprint density at radius 3 is 2.19 bits per heavy atom. The van der Waals surface area contributed by atoms with E-state index in [1.54, 1.807) is 38.3 Å². The number of ether oxygens (including phenoxy) is 1. The summed E-state index contributed by atoms with van der Waals surface area (Å²) in [6.45, 7) is 1.90. The third kappa shape index (κ3) is 5.05. The summed E-state index contributed by atoms with van der Waals surface area (Å²) in [5.74, 6) is -0.0712. The van der Waals surface area contributed by atoms with Crippen LogP contribution in [0.1, 0.15) is 18.1 Å². The first kappa shape index (κ1) is 19.4. The lowest BCUT2D eigenvalue weighted by atomic mass is 10.1. The summed E-state index contributed by atoms with van der Waals surface area (Å²) in [6.07, 6.45) is 0.159. The molecule has 2 amide bonds. The monoisotopic (exact) mass is 358 g/mol. The van der Waals surface area contributed by atoms with Crippen LogP contribution in [0.25, 0.3) is 0 Å². The molecule has 0 aliphatic heterocycles. The van der Waals surface area contributed by atoms with Gasteiger partial charge >= 0.3 is 0 Å². The molecule has 5 nitrogen and oxygen atoms in total. The number of carbonyl (C=O) groups excluding carboxylic acids is 2. The highest BCUT2D eigenvalue weighted by atomic mass is 19.1. The lowest BCUT2D eigenvalue weighted by Gasteiger charge is -2.28. The molecule has 26 heavy (non-hydrogen) atoms. The SMILES string of the molecule is CNC(=O)[C@H](C)N(Cc1ccc(F)cc1)C(=O)Cc1ccc(OC)cc1. The van der Waals surface area contributed by atoms with Crippen LogP contribution < -0.4 is 10.1 Å². The van der Waals surface area contributed by atoms with Gasteiger partial charge in [-0.05, 0) is 42.3 Å². The summed E-state index contributed by atoms with van der Waals surface area (Å²) >= 11 is 0. The number of methoxy groups -OCH3 is 1. The van der Waals surface area contributed by atoms with Gasteiger partial charge in [-0.2, -0.15) is 0 Å². The molecule has 0 aliphatic carbocycles. The minimum absolute atomic E-state index is 0.159.